The molecule has 2 aliphatic rings. The molecule has 0 aliphatic carbocycles. The van der Waals surface area contributed by atoms with Crippen LogP contribution in [-0.4, -0.2) is 78.6 Å². The van der Waals surface area contributed by atoms with E-state index in [1.165, 1.54) is 0 Å². The van der Waals surface area contributed by atoms with E-state index in [0.29, 0.717) is 19.7 Å². The molecule has 2 heterocycles. The Hall–Kier alpha value is -1.30. The van der Waals surface area contributed by atoms with Gasteiger partial charge in [-0.25, -0.2) is 4.79 Å². The van der Waals surface area contributed by atoms with Gasteiger partial charge in [0, 0.05) is 39.3 Å². The average Bonchev–Trinajstić information content (AvgIpc) is 3.00. The number of likely N-dealkylation sites (tertiary alicyclic amines) is 1. The van der Waals surface area contributed by atoms with Crippen LogP contribution in [0.5, 0.6) is 0 Å². The Morgan fingerprint density at radius 2 is 1.60 bits per heavy atom. The van der Waals surface area contributed by atoms with Gasteiger partial charge in [0.2, 0.25) is 5.91 Å². The monoisotopic (exact) mass is 283 g/mol. The summed E-state index contributed by atoms with van der Waals surface area (Å²) in [6.45, 7) is 8.72. The SMILES string of the molecule is CCOC(=O)N1CCN(C(C)C(=O)N2CCCC2)CC1. The molecule has 0 radical (unpaired) electrons. The Bertz CT molecular complexity index is 348. The topological polar surface area (TPSA) is 53.1 Å². The first-order valence-corrected chi connectivity index (χ1v) is 7.58. The summed E-state index contributed by atoms with van der Waals surface area (Å²) in [4.78, 5) is 29.8. The molecule has 0 aromatic rings. The van der Waals surface area contributed by atoms with Crippen molar-refractivity contribution in [3.63, 3.8) is 0 Å². The first-order chi connectivity index (χ1) is 9.63. The maximum absolute atomic E-state index is 12.3. The molecule has 0 N–H and O–H groups in total. The van der Waals surface area contributed by atoms with Gasteiger partial charge in [0.1, 0.15) is 0 Å². The van der Waals surface area contributed by atoms with Crippen LogP contribution in [0, 0.1) is 0 Å². The normalized spacial score (nSPS) is 21.9. The van der Waals surface area contributed by atoms with E-state index in [1.807, 2.05) is 18.7 Å². The fourth-order valence-electron chi connectivity index (χ4n) is 2.86. The standard InChI is InChI=1S/C14H25N3O3/c1-3-20-14(19)17-10-8-15(9-11-17)12(2)13(18)16-6-4-5-7-16/h12H,3-11H2,1-2H3. The molecule has 0 aromatic carbocycles. The van der Waals surface area contributed by atoms with E-state index in [9.17, 15) is 9.59 Å². The summed E-state index contributed by atoms with van der Waals surface area (Å²) in [5.74, 6) is 0.229. The Morgan fingerprint density at radius 1 is 1.00 bits per heavy atom. The third-order valence-electron chi connectivity index (χ3n) is 4.16. The number of rotatable bonds is 3. The number of nitrogens with zero attached hydrogens (tertiary/aromatic N) is 3. The molecule has 1 atom stereocenters. The van der Waals surface area contributed by atoms with Crippen molar-refractivity contribution >= 4 is 12.0 Å². The third-order valence-corrected chi connectivity index (χ3v) is 4.16. The van der Waals surface area contributed by atoms with Crippen LogP contribution in [0.4, 0.5) is 4.79 Å². The van der Waals surface area contributed by atoms with Crippen LogP contribution in [0.2, 0.25) is 0 Å². The number of carbonyl (C=O) groups is 2. The minimum absolute atomic E-state index is 0.0857. The lowest BCUT2D eigenvalue weighted by molar-refractivity contribution is -0.135. The van der Waals surface area contributed by atoms with Crippen LogP contribution >= 0.6 is 0 Å². The zero-order chi connectivity index (χ0) is 14.5. The third kappa shape index (κ3) is 3.42. The molecule has 2 rings (SSSR count). The molecule has 0 bridgehead atoms. The van der Waals surface area contributed by atoms with Gasteiger partial charge in [-0.05, 0) is 26.7 Å². The first-order valence-electron chi connectivity index (χ1n) is 7.58. The van der Waals surface area contributed by atoms with E-state index in [-0.39, 0.29) is 18.0 Å². The predicted octanol–water partition coefficient (Wildman–Crippen LogP) is 0.771. The van der Waals surface area contributed by atoms with E-state index >= 15 is 0 Å². The summed E-state index contributed by atoms with van der Waals surface area (Å²) < 4.78 is 5.00. The van der Waals surface area contributed by atoms with Crippen molar-refractivity contribution < 1.29 is 14.3 Å². The molecule has 0 spiro atoms. The Balaban J connectivity index is 1.80. The highest BCUT2D eigenvalue weighted by Gasteiger charge is 2.31. The molecule has 2 saturated heterocycles. The molecular formula is C14H25N3O3. The van der Waals surface area contributed by atoms with Crippen molar-refractivity contribution in [1.29, 1.82) is 0 Å². The second-order valence-corrected chi connectivity index (χ2v) is 5.43. The Kier molecular flexibility index (Phi) is 5.23. The molecule has 1 unspecified atom stereocenters. The second kappa shape index (κ2) is 6.92. The van der Waals surface area contributed by atoms with Crippen molar-refractivity contribution in [2.75, 3.05) is 45.9 Å². The van der Waals surface area contributed by atoms with Gasteiger partial charge in [0.25, 0.3) is 0 Å². The average molecular weight is 283 g/mol. The summed E-state index contributed by atoms with van der Waals surface area (Å²) in [6.07, 6.45) is 2.00. The van der Waals surface area contributed by atoms with Crippen molar-refractivity contribution in [3.05, 3.63) is 0 Å². The van der Waals surface area contributed by atoms with Gasteiger partial charge in [-0.2, -0.15) is 0 Å². The summed E-state index contributed by atoms with van der Waals surface area (Å²) in [6, 6.07) is -0.0857. The van der Waals surface area contributed by atoms with Gasteiger partial charge in [0.15, 0.2) is 0 Å². The summed E-state index contributed by atoms with van der Waals surface area (Å²) >= 11 is 0. The fraction of sp³-hybridized carbons (Fsp3) is 0.857. The van der Waals surface area contributed by atoms with Gasteiger partial charge in [-0.3, -0.25) is 9.69 Å². The van der Waals surface area contributed by atoms with Crippen LogP contribution in [0.3, 0.4) is 0 Å². The lowest BCUT2D eigenvalue weighted by Gasteiger charge is -2.37. The minimum Gasteiger partial charge on any atom is -0.450 e. The van der Waals surface area contributed by atoms with Crippen LogP contribution in [0.25, 0.3) is 0 Å². The zero-order valence-corrected chi connectivity index (χ0v) is 12.5. The highest BCUT2D eigenvalue weighted by molar-refractivity contribution is 5.81. The summed E-state index contributed by atoms with van der Waals surface area (Å²) in [5, 5.41) is 0. The van der Waals surface area contributed by atoms with Gasteiger partial charge in [-0.15, -0.1) is 0 Å². The lowest BCUT2D eigenvalue weighted by Crippen LogP contribution is -2.55. The van der Waals surface area contributed by atoms with Crippen molar-refractivity contribution in [2.24, 2.45) is 0 Å². The molecular weight excluding hydrogens is 258 g/mol. The highest BCUT2D eigenvalue weighted by Crippen LogP contribution is 2.14. The number of piperazine rings is 1. The number of ether oxygens (including phenoxy) is 1. The van der Waals surface area contributed by atoms with Crippen molar-refractivity contribution in [3.8, 4) is 0 Å². The predicted molar refractivity (Wildman–Crippen MR) is 75.4 cm³/mol. The van der Waals surface area contributed by atoms with Crippen LogP contribution in [0.1, 0.15) is 26.7 Å². The van der Waals surface area contributed by atoms with E-state index < -0.39 is 0 Å². The molecule has 2 fully saturated rings. The van der Waals surface area contributed by atoms with Gasteiger partial charge >= 0.3 is 6.09 Å². The molecule has 2 amide bonds. The van der Waals surface area contributed by atoms with Crippen molar-refractivity contribution in [1.82, 2.24) is 14.7 Å². The van der Waals surface area contributed by atoms with Gasteiger partial charge in [-0.1, -0.05) is 0 Å². The van der Waals surface area contributed by atoms with Crippen LogP contribution in [-0.2, 0) is 9.53 Å². The van der Waals surface area contributed by atoms with Gasteiger partial charge in [0.05, 0.1) is 12.6 Å². The van der Waals surface area contributed by atoms with E-state index in [4.69, 9.17) is 4.74 Å². The second-order valence-electron chi connectivity index (χ2n) is 5.43. The number of hydrogen-bond donors (Lipinski definition) is 0. The molecule has 114 valence electrons. The molecule has 0 aromatic heterocycles. The maximum atomic E-state index is 12.3. The maximum Gasteiger partial charge on any atom is 0.409 e. The fourth-order valence-corrected chi connectivity index (χ4v) is 2.86. The molecule has 0 saturated carbocycles. The summed E-state index contributed by atoms with van der Waals surface area (Å²) in [7, 11) is 0. The Morgan fingerprint density at radius 3 is 2.15 bits per heavy atom. The lowest BCUT2D eigenvalue weighted by atomic mass is 10.2. The van der Waals surface area contributed by atoms with E-state index in [1.54, 1.807) is 4.90 Å². The van der Waals surface area contributed by atoms with Crippen molar-refractivity contribution in [2.45, 2.75) is 32.7 Å². The molecule has 2 aliphatic heterocycles. The zero-order valence-electron chi connectivity index (χ0n) is 12.5. The number of amides is 2. The van der Waals surface area contributed by atoms with E-state index in [0.717, 1.165) is 39.0 Å². The van der Waals surface area contributed by atoms with Gasteiger partial charge < -0.3 is 14.5 Å². The molecule has 20 heavy (non-hydrogen) atoms. The van der Waals surface area contributed by atoms with E-state index in [2.05, 4.69) is 4.90 Å². The Labute approximate surface area is 120 Å². The largest absolute Gasteiger partial charge is 0.450 e. The number of carbonyl (C=O) groups excluding carboxylic acids is 2. The number of hydrogen-bond acceptors (Lipinski definition) is 4. The molecule has 6 heteroatoms. The quantitative estimate of drug-likeness (QED) is 0.768. The summed E-state index contributed by atoms with van der Waals surface area (Å²) in [5.41, 5.74) is 0. The smallest absolute Gasteiger partial charge is 0.409 e. The first kappa shape index (κ1) is 15.1. The van der Waals surface area contributed by atoms with Crippen LogP contribution in [0.15, 0.2) is 0 Å². The minimum atomic E-state index is -0.245. The van der Waals surface area contributed by atoms with Crippen LogP contribution < -0.4 is 0 Å². The highest BCUT2D eigenvalue weighted by atomic mass is 16.6. The molecule has 6 nitrogen and oxygen atoms in total.